The first kappa shape index (κ1) is 16.3. The summed E-state index contributed by atoms with van der Waals surface area (Å²) in [5.41, 5.74) is 6.10. The highest BCUT2D eigenvalue weighted by Gasteiger charge is 2.10. The summed E-state index contributed by atoms with van der Waals surface area (Å²) in [4.78, 5) is 11.9. The molecular weight excluding hydrogens is 283 g/mol. The number of carbonyl (C=O) groups is 1. The van der Waals surface area contributed by atoms with Crippen molar-refractivity contribution in [2.45, 2.75) is 32.6 Å². The molecule has 1 rings (SSSR count). The van der Waals surface area contributed by atoms with Gasteiger partial charge in [-0.15, -0.1) is 0 Å². The van der Waals surface area contributed by atoms with Crippen LogP contribution in [0.3, 0.4) is 0 Å². The van der Waals surface area contributed by atoms with Crippen LogP contribution in [-0.4, -0.2) is 12.5 Å². The Morgan fingerprint density at radius 3 is 2.74 bits per heavy atom. The molecule has 0 aliphatic heterocycles. The van der Waals surface area contributed by atoms with Crippen LogP contribution >= 0.6 is 23.2 Å². The third kappa shape index (κ3) is 5.81. The zero-order valence-corrected chi connectivity index (χ0v) is 12.6. The molecule has 0 fully saturated rings. The lowest BCUT2D eigenvalue weighted by molar-refractivity contribution is -0.116. The number of amides is 1. The fraction of sp³-hybridized carbons (Fsp3) is 0.500. The maximum Gasteiger partial charge on any atom is 0.224 e. The van der Waals surface area contributed by atoms with Gasteiger partial charge in [-0.25, -0.2) is 0 Å². The van der Waals surface area contributed by atoms with Gasteiger partial charge in [-0.1, -0.05) is 36.5 Å². The highest BCUT2D eigenvalue weighted by Crippen LogP contribution is 2.25. The van der Waals surface area contributed by atoms with Crippen molar-refractivity contribution in [3.05, 3.63) is 28.2 Å². The molecule has 0 saturated carbocycles. The Kier molecular flexibility index (Phi) is 7.21. The van der Waals surface area contributed by atoms with Gasteiger partial charge in [0.05, 0.1) is 10.7 Å². The molecule has 1 amide bonds. The molecule has 0 spiro atoms. The lowest BCUT2D eigenvalue weighted by Crippen LogP contribution is -2.15. The minimum Gasteiger partial charge on any atom is -0.330 e. The van der Waals surface area contributed by atoms with E-state index in [1.54, 1.807) is 18.2 Å². The number of hydrogen-bond donors (Lipinski definition) is 2. The third-order valence-corrected chi connectivity index (χ3v) is 3.70. The standard InChI is InChI=1S/C14H20Cl2N2O/c1-2-10(7-8-17)3-6-14(19)18-13-9-11(15)4-5-12(13)16/h4-5,9-10H,2-3,6-8,17H2,1H3,(H,18,19). The monoisotopic (exact) mass is 302 g/mol. The van der Waals surface area contributed by atoms with E-state index in [9.17, 15) is 4.79 Å². The zero-order chi connectivity index (χ0) is 14.3. The van der Waals surface area contributed by atoms with Crippen LogP contribution in [0, 0.1) is 5.92 Å². The predicted molar refractivity (Wildman–Crippen MR) is 81.8 cm³/mol. The van der Waals surface area contributed by atoms with Crippen molar-refractivity contribution in [2.24, 2.45) is 11.7 Å². The Morgan fingerprint density at radius 2 is 2.11 bits per heavy atom. The Bertz CT molecular complexity index is 424. The van der Waals surface area contributed by atoms with Crippen molar-refractivity contribution in [3.63, 3.8) is 0 Å². The quantitative estimate of drug-likeness (QED) is 0.797. The van der Waals surface area contributed by atoms with Gasteiger partial charge in [0.25, 0.3) is 0 Å². The Labute approximate surface area is 124 Å². The van der Waals surface area contributed by atoms with Gasteiger partial charge in [0, 0.05) is 11.4 Å². The first-order chi connectivity index (χ1) is 9.06. The van der Waals surface area contributed by atoms with Crippen LogP contribution in [0.25, 0.3) is 0 Å². The molecule has 0 aromatic heterocycles. The average Bonchev–Trinajstić information content (AvgIpc) is 2.39. The summed E-state index contributed by atoms with van der Waals surface area (Å²) in [5.74, 6) is 0.463. The molecule has 3 nitrogen and oxygen atoms in total. The van der Waals surface area contributed by atoms with Crippen molar-refractivity contribution in [2.75, 3.05) is 11.9 Å². The summed E-state index contributed by atoms with van der Waals surface area (Å²) in [6.45, 7) is 2.78. The normalized spacial score (nSPS) is 12.2. The molecule has 0 saturated heterocycles. The van der Waals surface area contributed by atoms with Crippen LogP contribution in [0.5, 0.6) is 0 Å². The highest BCUT2D eigenvalue weighted by molar-refractivity contribution is 6.35. The molecule has 19 heavy (non-hydrogen) atoms. The summed E-state index contributed by atoms with van der Waals surface area (Å²) in [6, 6.07) is 5.01. The van der Waals surface area contributed by atoms with E-state index in [0.29, 0.717) is 34.6 Å². The number of carbonyl (C=O) groups excluding carboxylic acids is 1. The van der Waals surface area contributed by atoms with Crippen LogP contribution in [0.2, 0.25) is 10.0 Å². The molecule has 0 bridgehead atoms. The van der Waals surface area contributed by atoms with Gasteiger partial charge < -0.3 is 11.1 Å². The van der Waals surface area contributed by atoms with Crippen LogP contribution in [-0.2, 0) is 4.79 Å². The largest absolute Gasteiger partial charge is 0.330 e. The number of hydrogen-bond acceptors (Lipinski definition) is 2. The van der Waals surface area contributed by atoms with E-state index < -0.39 is 0 Å². The first-order valence-corrected chi connectivity index (χ1v) is 7.27. The molecule has 1 atom stereocenters. The van der Waals surface area contributed by atoms with Gasteiger partial charge in [0.15, 0.2) is 0 Å². The maximum absolute atomic E-state index is 11.9. The van der Waals surface area contributed by atoms with Crippen LogP contribution < -0.4 is 11.1 Å². The van der Waals surface area contributed by atoms with E-state index in [-0.39, 0.29) is 5.91 Å². The van der Waals surface area contributed by atoms with Crippen molar-refractivity contribution < 1.29 is 4.79 Å². The Hall–Kier alpha value is -0.770. The van der Waals surface area contributed by atoms with Crippen LogP contribution in [0.4, 0.5) is 5.69 Å². The van der Waals surface area contributed by atoms with Crippen molar-refractivity contribution in [3.8, 4) is 0 Å². The van der Waals surface area contributed by atoms with Gasteiger partial charge in [0.1, 0.15) is 0 Å². The third-order valence-electron chi connectivity index (χ3n) is 3.13. The fourth-order valence-corrected chi connectivity index (χ4v) is 2.27. The average molecular weight is 303 g/mol. The van der Waals surface area contributed by atoms with E-state index in [1.165, 1.54) is 0 Å². The van der Waals surface area contributed by atoms with Gasteiger partial charge in [-0.2, -0.15) is 0 Å². The molecular formula is C14H20Cl2N2O. The Balaban J connectivity index is 2.48. The van der Waals surface area contributed by atoms with E-state index >= 15 is 0 Å². The highest BCUT2D eigenvalue weighted by atomic mass is 35.5. The summed E-state index contributed by atoms with van der Waals surface area (Å²) in [5, 5.41) is 3.83. The van der Waals surface area contributed by atoms with Gasteiger partial charge in [0.2, 0.25) is 5.91 Å². The molecule has 0 radical (unpaired) electrons. The number of nitrogens with two attached hydrogens (primary N) is 1. The molecule has 5 heteroatoms. The molecule has 0 aliphatic rings. The second-order valence-corrected chi connectivity index (χ2v) is 5.41. The van der Waals surface area contributed by atoms with E-state index in [4.69, 9.17) is 28.9 Å². The van der Waals surface area contributed by atoms with Gasteiger partial charge >= 0.3 is 0 Å². The molecule has 0 aliphatic carbocycles. The second-order valence-electron chi connectivity index (χ2n) is 4.56. The SMILES string of the molecule is CCC(CCN)CCC(=O)Nc1cc(Cl)ccc1Cl. The lowest BCUT2D eigenvalue weighted by atomic mass is 9.96. The summed E-state index contributed by atoms with van der Waals surface area (Å²) in [6.07, 6.45) is 3.32. The molecule has 0 heterocycles. The minimum atomic E-state index is -0.0420. The van der Waals surface area contributed by atoms with Crippen LogP contribution in [0.15, 0.2) is 18.2 Å². The van der Waals surface area contributed by atoms with Crippen LogP contribution in [0.1, 0.15) is 32.6 Å². The van der Waals surface area contributed by atoms with E-state index in [1.807, 2.05) is 0 Å². The maximum atomic E-state index is 11.9. The topological polar surface area (TPSA) is 55.1 Å². The van der Waals surface area contributed by atoms with Crippen molar-refractivity contribution in [1.29, 1.82) is 0 Å². The molecule has 3 N–H and O–H groups in total. The predicted octanol–water partition coefficient (Wildman–Crippen LogP) is 4.09. The number of anilines is 1. The first-order valence-electron chi connectivity index (χ1n) is 6.51. The Morgan fingerprint density at radius 1 is 1.37 bits per heavy atom. The van der Waals surface area contributed by atoms with E-state index in [0.717, 1.165) is 19.3 Å². The smallest absolute Gasteiger partial charge is 0.224 e. The minimum absolute atomic E-state index is 0.0420. The van der Waals surface area contributed by atoms with Crippen molar-refractivity contribution in [1.82, 2.24) is 0 Å². The summed E-state index contributed by atoms with van der Waals surface area (Å²) < 4.78 is 0. The molecule has 1 aromatic carbocycles. The molecule has 1 aromatic rings. The van der Waals surface area contributed by atoms with Gasteiger partial charge in [-0.3, -0.25) is 4.79 Å². The number of rotatable bonds is 7. The van der Waals surface area contributed by atoms with Gasteiger partial charge in [-0.05, 0) is 43.5 Å². The number of nitrogens with one attached hydrogen (secondary N) is 1. The summed E-state index contributed by atoms with van der Waals surface area (Å²) in [7, 11) is 0. The van der Waals surface area contributed by atoms with Crippen molar-refractivity contribution >= 4 is 34.8 Å². The fourth-order valence-electron chi connectivity index (χ4n) is 1.93. The van der Waals surface area contributed by atoms with E-state index in [2.05, 4.69) is 12.2 Å². The lowest BCUT2D eigenvalue weighted by Gasteiger charge is -2.13. The number of halogens is 2. The summed E-state index contributed by atoms with van der Waals surface area (Å²) >= 11 is 11.9. The molecule has 1 unspecified atom stereocenters. The zero-order valence-electron chi connectivity index (χ0n) is 11.1. The molecule has 106 valence electrons. The number of benzene rings is 1. The second kappa shape index (κ2) is 8.41.